The highest BCUT2D eigenvalue weighted by Gasteiger charge is 2.20. The number of nitrogens with one attached hydrogen (secondary N) is 1. The van der Waals surface area contributed by atoms with Crippen LogP contribution in [-0.4, -0.2) is 17.9 Å². The summed E-state index contributed by atoms with van der Waals surface area (Å²) in [5, 5.41) is 7.44. The van der Waals surface area contributed by atoms with Gasteiger partial charge in [-0.15, -0.1) is 11.8 Å². The van der Waals surface area contributed by atoms with Gasteiger partial charge in [0.25, 0.3) is 0 Å². The monoisotopic (exact) mass is 508 g/mol. The number of hydrogen-bond acceptors (Lipinski definition) is 4. The van der Waals surface area contributed by atoms with E-state index >= 15 is 0 Å². The van der Waals surface area contributed by atoms with Gasteiger partial charge in [-0.3, -0.25) is 10.3 Å². The molecule has 1 N–H and O–H groups in total. The number of thioether (sulfide) groups is 1. The summed E-state index contributed by atoms with van der Waals surface area (Å²) in [6.07, 6.45) is 10.2. The Morgan fingerprint density at radius 3 is 2.67 bits per heavy atom. The van der Waals surface area contributed by atoms with Crippen molar-refractivity contribution in [1.29, 1.82) is 0 Å². The molecule has 1 aliphatic heterocycles. The number of allylic oxidation sites excluding steroid dienone is 6. The summed E-state index contributed by atoms with van der Waals surface area (Å²) in [7, 11) is 0. The maximum Gasteiger partial charge on any atom is 0.412 e. The number of nitrogens with zero attached hydrogens (tertiary/aromatic N) is 1. The van der Waals surface area contributed by atoms with Gasteiger partial charge in [-0.1, -0.05) is 51.0 Å². The van der Waals surface area contributed by atoms with Gasteiger partial charge in [0.1, 0.15) is 5.60 Å². The van der Waals surface area contributed by atoms with E-state index < -0.39 is 11.7 Å². The number of carbonyl (C=O) groups is 1. The van der Waals surface area contributed by atoms with Crippen LogP contribution in [0, 0.1) is 5.92 Å². The molecule has 1 amide bonds. The smallest absolute Gasteiger partial charge is 0.412 e. The summed E-state index contributed by atoms with van der Waals surface area (Å²) < 4.78 is 5.43. The Morgan fingerprint density at radius 2 is 2.03 bits per heavy atom. The lowest BCUT2D eigenvalue weighted by atomic mass is 9.86. The predicted octanol–water partition coefficient (Wildman–Crippen LogP) is 9.79. The SMILES string of the molecule is CC=N/C(=C\C(=C\CCC)C1=CSC=C(C)CC1C)C(CC)c1cccc(NC(=O)OC(C)(C)C)c1. The Bertz CT molecular complexity index is 1040. The van der Waals surface area contributed by atoms with Crippen LogP contribution in [0.4, 0.5) is 10.5 Å². The molecule has 0 radical (unpaired) electrons. The summed E-state index contributed by atoms with van der Waals surface area (Å²) in [6, 6.07) is 8.01. The first-order valence-corrected chi connectivity index (χ1v) is 14.0. The number of aliphatic imine (C=N–C) groups is 1. The van der Waals surface area contributed by atoms with Gasteiger partial charge in [0, 0.05) is 23.5 Å². The summed E-state index contributed by atoms with van der Waals surface area (Å²) >= 11 is 1.78. The van der Waals surface area contributed by atoms with E-state index in [1.807, 2.05) is 52.1 Å². The van der Waals surface area contributed by atoms with E-state index in [1.165, 1.54) is 16.7 Å². The van der Waals surface area contributed by atoms with Crippen LogP contribution in [0.5, 0.6) is 0 Å². The Labute approximate surface area is 223 Å². The van der Waals surface area contributed by atoms with Crippen molar-refractivity contribution in [3.63, 3.8) is 0 Å². The quantitative estimate of drug-likeness (QED) is 0.267. The summed E-state index contributed by atoms with van der Waals surface area (Å²) in [4.78, 5) is 17.2. The lowest BCUT2D eigenvalue weighted by molar-refractivity contribution is 0.0636. The predicted molar refractivity (Wildman–Crippen MR) is 158 cm³/mol. The normalized spacial score (nSPS) is 18.4. The fourth-order valence-electron chi connectivity index (χ4n) is 4.30. The standard InChI is InChI=1S/C31H44N2O2S/c1-9-12-14-25(28-21-36-20-22(4)17-23(28)5)19-29(32-11-3)27(10-2)24-15-13-16-26(18-24)33-30(34)35-31(6,7)8/h11,13-16,18-21,23,27H,9-10,12,17H2,1-8H3,(H,33,34)/b25-14-,29-19-,32-11?. The second-order valence-electron chi connectivity index (χ2n) is 10.4. The van der Waals surface area contributed by atoms with Crippen LogP contribution >= 0.6 is 11.8 Å². The number of anilines is 1. The lowest BCUT2D eigenvalue weighted by Crippen LogP contribution is -2.27. The number of hydrogen-bond donors (Lipinski definition) is 1. The Balaban J connectivity index is 2.44. The van der Waals surface area contributed by atoms with Crippen molar-refractivity contribution >= 4 is 29.8 Å². The molecule has 0 saturated heterocycles. The van der Waals surface area contributed by atoms with Gasteiger partial charge in [-0.05, 0) is 106 Å². The second kappa shape index (κ2) is 14.3. The molecule has 4 nitrogen and oxygen atoms in total. The number of unbranched alkanes of at least 4 members (excludes halogenated alkanes) is 1. The number of carbonyl (C=O) groups excluding carboxylic acids is 1. The minimum atomic E-state index is -0.545. The molecular weight excluding hydrogens is 464 g/mol. The lowest BCUT2D eigenvalue weighted by Gasteiger charge is -2.22. The molecule has 0 saturated carbocycles. The van der Waals surface area contributed by atoms with E-state index in [2.05, 4.69) is 62.0 Å². The van der Waals surface area contributed by atoms with Crippen LogP contribution in [0.15, 0.2) is 74.6 Å². The van der Waals surface area contributed by atoms with Gasteiger partial charge in [-0.25, -0.2) is 4.79 Å². The Hall–Kier alpha value is -2.53. The maximum absolute atomic E-state index is 12.3. The minimum absolute atomic E-state index is 0.0980. The average Bonchev–Trinajstić information content (AvgIpc) is 2.95. The summed E-state index contributed by atoms with van der Waals surface area (Å²) in [5.74, 6) is 0.546. The van der Waals surface area contributed by atoms with Crippen molar-refractivity contribution in [1.82, 2.24) is 0 Å². The second-order valence-corrected chi connectivity index (χ2v) is 11.1. The van der Waals surface area contributed by atoms with E-state index in [9.17, 15) is 4.79 Å². The highest BCUT2D eigenvalue weighted by molar-refractivity contribution is 8.04. The fraction of sp³-hybridized carbons (Fsp3) is 0.484. The first kappa shape index (κ1) is 29.7. The highest BCUT2D eigenvalue weighted by atomic mass is 32.2. The molecule has 2 rings (SSSR count). The van der Waals surface area contributed by atoms with E-state index in [0.717, 1.165) is 42.6 Å². The van der Waals surface area contributed by atoms with E-state index in [4.69, 9.17) is 9.73 Å². The van der Waals surface area contributed by atoms with Gasteiger partial charge in [-0.2, -0.15) is 0 Å². The maximum atomic E-state index is 12.3. The fourth-order valence-corrected chi connectivity index (χ4v) is 5.21. The molecule has 0 spiro atoms. The average molecular weight is 509 g/mol. The molecule has 1 heterocycles. The number of rotatable bonds is 9. The third kappa shape index (κ3) is 9.50. The molecule has 1 aromatic carbocycles. The van der Waals surface area contributed by atoms with E-state index in [0.29, 0.717) is 5.92 Å². The molecule has 1 aromatic rings. The molecule has 5 heteroatoms. The third-order valence-corrected chi connectivity index (χ3v) is 6.82. The van der Waals surface area contributed by atoms with Crippen LogP contribution in [0.3, 0.4) is 0 Å². The van der Waals surface area contributed by atoms with E-state index in [-0.39, 0.29) is 5.92 Å². The van der Waals surface area contributed by atoms with Crippen LogP contribution in [0.25, 0.3) is 0 Å². The van der Waals surface area contributed by atoms with Gasteiger partial charge in [0.2, 0.25) is 0 Å². The zero-order chi connectivity index (χ0) is 26.7. The zero-order valence-electron chi connectivity index (χ0n) is 23.4. The molecule has 1 aliphatic rings. The molecule has 2 unspecified atom stereocenters. The van der Waals surface area contributed by atoms with Crippen LogP contribution in [0.1, 0.15) is 92.6 Å². The summed E-state index contributed by atoms with van der Waals surface area (Å²) in [6.45, 7) is 16.5. The largest absolute Gasteiger partial charge is 0.444 e. The third-order valence-electron chi connectivity index (χ3n) is 5.89. The number of amides is 1. The van der Waals surface area contributed by atoms with Crippen LogP contribution in [-0.2, 0) is 4.74 Å². The van der Waals surface area contributed by atoms with Crippen molar-refractivity contribution < 1.29 is 9.53 Å². The molecule has 0 aliphatic carbocycles. The molecule has 0 aromatic heterocycles. The van der Waals surface area contributed by atoms with Gasteiger partial charge in [0.05, 0.1) is 0 Å². The van der Waals surface area contributed by atoms with Crippen LogP contribution < -0.4 is 5.32 Å². The topological polar surface area (TPSA) is 50.7 Å². The molecule has 36 heavy (non-hydrogen) atoms. The van der Waals surface area contributed by atoms with Crippen molar-refractivity contribution in [3.8, 4) is 0 Å². The van der Waals surface area contributed by atoms with Crippen molar-refractivity contribution in [3.05, 3.63) is 75.2 Å². The molecule has 196 valence electrons. The highest BCUT2D eigenvalue weighted by Crippen LogP contribution is 2.37. The zero-order valence-corrected chi connectivity index (χ0v) is 24.2. The minimum Gasteiger partial charge on any atom is -0.444 e. The molecule has 2 atom stereocenters. The first-order chi connectivity index (χ1) is 17.1. The Kier molecular flexibility index (Phi) is 11.8. The van der Waals surface area contributed by atoms with Crippen molar-refractivity contribution in [2.45, 2.75) is 92.6 Å². The van der Waals surface area contributed by atoms with Gasteiger partial charge >= 0.3 is 6.09 Å². The van der Waals surface area contributed by atoms with Crippen molar-refractivity contribution in [2.24, 2.45) is 10.9 Å². The van der Waals surface area contributed by atoms with Crippen LogP contribution in [0.2, 0.25) is 0 Å². The van der Waals surface area contributed by atoms with Gasteiger partial charge < -0.3 is 4.74 Å². The first-order valence-electron chi connectivity index (χ1n) is 13.1. The van der Waals surface area contributed by atoms with Gasteiger partial charge in [0.15, 0.2) is 0 Å². The number of benzene rings is 1. The van der Waals surface area contributed by atoms with Crippen molar-refractivity contribution in [2.75, 3.05) is 5.32 Å². The molecule has 0 fully saturated rings. The number of ether oxygens (including phenoxy) is 1. The van der Waals surface area contributed by atoms with E-state index in [1.54, 1.807) is 11.8 Å². The Morgan fingerprint density at radius 1 is 1.28 bits per heavy atom. The molecule has 0 bridgehead atoms. The summed E-state index contributed by atoms with van der Waals surface area (Å²) in [5.41, 5.74) is 6.39. The molecular formula is C31H44N2O2S.